The first-order valence-electron chi connectivity index (χ1n) is 9.62. The summed E-state index contributed by atoms with van der Waals surface area (Å²) in [6, 6.07) is 15.2. The predicted octanol–water partition coefficient (Wildman–Crippen LogP) is 2.89. The monoisotopic (exact) mass is 396 g/mol. The van der Waals surface area contributed by atoms with Crippen molar-refractivity contribution < 1.29 is 24.2 Å². The maximum absolute atomic E-state index is 12.0. The number of hydrogen-bond acceptors (Lipinski definition) is 4. The van der Waals surface area contributed by atoms with Crippen LogP contribution in [-0.4, -0.2) is 42.3 Å². The van der Waals surface area contributed by atoms with E-state index in [1.807, 2.05) is 36.4 Å². The van der Waals surface area contributed by atoms with Crippen molar-refractivity contribution in [3.05, 3.63) is 59.7 Å². The molecule has 0 fully saturated rings. The summed E-state index contributed by atoms with van der Waals surface area (Å²) in [5.41, 5.74) is 4.55. The van der Waals surface area contributed by atoms with Crippen LogP contribution in [-0.2, 0) is 14.3 Å². The molecule has 0 aromatic heterocycles. The molecule has 0 aliphatic heterocycles. The number of carbonyl (C=O) groups is 3. The number of rotatable bonds is 8. The summed E-state index contributed by atoms with van der Waals surface area (Å²) in [4.78, 5) is 34.7. The van der Waals surface area contributed by atoms with Gasteiger partial charge in [0.05, 0.1) is 0 Å². The standard InChI is InChI=1S/C22H24N2O5/c1-2-19(21(26)27)24-20(25)11-12-23-22(28)29-13-18-16-9-5-3-7-14(16)15-8-4-6-10-17(15)18/h3-10,18-19H,2,11-13H2,1H3,(H,23,28)(H,24,25)(H,26,27)/t19-/m0/s1. The number of carboxylic acids is 1. The van der Waals surface area contributed by atoms with Gasteiger partial charge in [0.25, 0.3) is 0 Å². The number of fused-ring (bicyclic) bond motifs is 3. The fourth-order valence-electron chi connectivity index (χ4n) is 3.53. The van der Waals surface area contributed by atoms with E-state index in [0.717, 1.165) is 22.3 Å². The lowest BCUT2D eigenvalue weighted by Crippen LogP contribution is -2.41. The molecule has 152 valence electrons. The molecule has 2 aromatic carbocycles. The van der Waals surface area contributed by atoms with Gasteiger partial charge in [0.2, 0.25) is 5.91 Å². The molecule has 7 nitrogen and oxygen atoms in total. The molecule has 1 atom stereocenters. The largest absolute Gasteiger partial charge is 0.480 e. The van der Waals surface area contributed by atoms with Gasteiger partial charge < -0.3 is 20.5 Å². The number of carbonyl (C=O) groups excluding carboxylic acids is 2. The maximum Gasteiger partial charge on any atom is 0.407 e. The molecular formula is C22H24N2O5. The van der Waals surface area contributed by atoms with Crippen molar-refractivity contribution in [2.24, 2.45) is 0 Å². The van der Waals surface area contributed by atoms with Crippen LogP contribution < -0.4 is 10.6 Å². The average molecular weight is 396 g/mol. The molecule has 29 heavy (non-hydrogen) atoms. The second-order valence-corrected chi connectivity index (χ2v) is 6.87. The van der Waals surface area contributed by atoms with Crippen molar-refractivity contribution in [2.75, 3.05) is 13.2 Å². The van der Waals surface area contributed by atoms with E-state index in [4.69, 9.17) is 9.84 Å². The van der Waals surface area contributed by atoms with Crippen molar-refractivity contribution in [3.8, 4) is 11.1 Å². The van der Waals surface area contributed by atoms with E-state index >= 15 is 0 Å². The molecule has 7 heteroatoms. The number of ether oxygens (including phenoxy) is 1. The third-order valence-corrected chi connectivity index (χ3v) is 5.01. The van der Waals surface area contributed by atoms with E-state index in [1.54, 1.807) is 6.92 Å². The van der Waals surface area contributed by atoms with Crippen molar-refractivity contribution in [1.82, 2.24) is 10.6 Å². The highest BCUT2D eigenvalue weighted by Gasteiger charge is 2.29. The Balaban J connectivity index is 1.49. The van der Waals surface area contributed by atoms with Crippen LogP contribution in [0.15, 0.2) is 48.5 Å². The number of amides is 2. The first kappa shape index (κ1) is 20.4. The number of aliphatic carboxylic acids is 1. The zero-order valence-corrected chi connectivity index (χ0v) is 16.2. The van der Waals surface area contributed by atoms with E-state index in [1.165, 1.54) is 0 Å². The van der Waals surface area contributed by atoms with Crippen molar-refractivity contribution in [2.45, 2.75) is 31.7 Å². The molecule has 2 aromatic rings. The lowest BCUT2D eigenvalue weighted by molar-refractivity contribution is -0.141. The molecule has 1 aliphatic rings. The molecule has 3 N–H and O–H groups in total. The second kappa shape index (κ2) is 9.23. The summed E-state index contributed by atoms with van der Waals surface area (Å²) in [5, 5.41) is 13.9. The van der Waals surface area contributed by atoms with Crippen LogP contribution in [0.1, 0.15) is 36.8 Å². The van der Waals surface area contributed by atoms with Crippen LogP contribution in [0.3, 0.4) is 0 Å². The van der Waals surface area contributed by atoms with Crippen molar-refractivity contribution >= 4 is 18.0 Å². The van der Waals surface area contributed by atoms with E-state index < -0.39 is 24.0 Å². The molecule has 0 bridgehead atoms. The summed E-state index contributed by atoms with van der Waals surface area (Å²) in [6.07, 6.45) is -0.334. The van der Waals surface area contributed by atoms with Gasteiger partial charge in [-0.15, -0.1) is 0 Å². The molecule has 0 unspecified atom stereocenters. The summed E-state index contributed by atoms with van der Waals surface area (Å²) in [5.74, 6) is -1.54. The molecule has 0 saturated carbocycles. The van der Waals surface area contributed by atoms with Crippen LogP contribution in [0.2, 0.25) is 0 Å². The first-order valence-corrected chi connectivity index (χ1v) is 9.62. The molecule has 2 amide bonds. The maximum atomic E-state index is 12.0. The molecule has 0 heterocycles. The minimum absolute atomic E-state index is 0.0199. The van der Waals surface area contributed by atoms with E-state index in [2.05, 4.69) is 22.8 Å². The van der Waals surface area contributed by atoms with Gasteiger partial charge in [-0.25, -0.2) is 9.59 Å². The lowest BCUT2D eigenvalue weighted by atomic mass is 9.98. The summed E-state index contributed by atoms with van der Waals surface area (Å²) >= 11 is 0. The third-order valence-electron chi connectivity index (χ3n) is 5.01. The summed E-state index contributed by atoms with van der Waals surface area (Å²) in [6.45, 7) is 1.94. The van der Waals surface area contributed by atoms with E-state index in [-0.39, 0.29) is 25.5 Å². The molecule has 0 radical (unpaired) electrons. The predicted molar refractivity (Wildman–Crippen MR) is 108 cm³/mol. The Morgan fingerprint density at radius 2 is 1.62 bits per heavy atom. The molecule has 3 rings (SSSR count). The SMILES string of the molecule is CC[C@H](NC(=O)CCNC(=O)OCC1c2ccccc2-c2ccccc21)C(=O)O. The molecule has 1 aliphatic carbocycles. The minimum atomic E-state index is -1.08. The van der Waals surface area contributed by atoms with Gasteiger partial charge >= 0.3 is 12.1 Å². The zero-order valence-electron chi connectivity index (χ0n) is 16.2. The number of alkyl carbamates (subject to hydrolysis) is 1. The highest BCUT2D eigenvalue weighted by molar-refractivity contribution is 5.84. The highest BCUT2D eigenvalue weighted by atomic mass is 16.5. The Labute approximate surface area is 169 Å². The molecule has 0 saturated heterocycles. The Morgan fingerprint density at radius 3 is 2.17 bits per heavy atom. The smallest absolute Gasteiger partial charge is 0.407 e. The fourth-order valence-corrected chi connectivity index (χ4v) is 3.53. The Bertz CT molecular complexity index is 866. The Hall–Kier alpha value is -3.35. The van der Waals surface area contributed by atoms with Crippen LogP contribution in [0.4, 0.5) is 4.79 Å². The quantitative estimate of drug-likeness (QED) is 0.636. The van der Waals surface area contributed by atoms with E-state index in [9.17, 15) is 14.4 Å². The number of nitrogens with one attached hydrogen (secondary N) is 2. The van der Waals surface area contributed by atoms with E-state index in [0.29, 0.717) is 6.42 Å². The van der Waals surface area contributed by atoms with Gasteiger partial charge in [0, 0.05) is 18.9 Å². The van der Waals surface area contributed by atoms with Gasteiger partial charge in [0.15, 0.2) is 0 Å². The summed E-state index contributed by atoms with van der Waals surface area (Å²) in [7, 11) is 0. The number of hydrogen-bond donors (Lipinski definition) is 3. The Kier molecular flexibility index (Phi) is 6.49. The van der Waals surface area contributed by atoms with Crippen LogP contribution >= 0.6 is 0 Å². The van der Waals surface area contributed by atoms with Crippen LogP contribution in [0, 0.1) is 0 Å². The minimum Gasteiger partial charge on any atom is -0.480 e. The fraction of sp³-hybridized carbons (Fsp3) is 0.318. The van der Waals surface area contributed by atoms with Crippen molar-refractivity contribution in [1.29, 1.82) is 0 Å². The average Bonchev–Trinajstić information content (AvgIpc) is 3.04. The second-order valence-electron chi connectivity index (χ2n) is 6.87. The number of benzene rings is 2. The van der Waals surface area contributed by atoms with Gasteiger partial charge in [-0.05, 0) is 28.7 Å². The van der Waals surface area contributed by atoms with Gasteiger partial charge in [-0.1, -0.05) is 55.5 Å². The normalized spacial score (nSPS) is 13.1. The Morgan fingerprint density at radius 1 is 1.03 bits per heavy atom. The number of carboxylic acid groups (broad SMARTS) is 1. The third kappa shape index (κ3) is 4.74. The van der Waals surface area contributed by atoms with Crippen LogP contribution in [0.5, 0.6) is 0 Å². The molecule has 0 spiro atoms. The van der Waals surface area contributed by atoms with Gasteiger partial charge in [0.1, 0.15) is 12.6 Å². The summed E-state index contributed by atoms with van der Waals surface area (Å²) < 4.78 is 5.39. The van der Waals surface area contributed by atoms with Crippen LogP contribution in [0.25, 0.3) is 11.1 Å². The van der Waals surface area contributed by atoms with Crippen molar-refractivity contribution in [3.63, 3.8) is 0 Å². The van der Waals surface area contributed by atoms with Gasteiger partial charge in [-0.3, -0.25) is 4.79 Å². The first-order chi connectivity index (χ1) is 14.0. The highest BCUT2D eigenvalue weighted by Crippen LogP contribution is 2.44. The topological polar surface area (TPSA) is 105 Å². The molecular weight excluding hydrogens is 372 g/mol. The van der Waals surface area contributed by atoms with Gasteiger partial charge in [-0.2, -0.15) is 0 Å². The lowest BCUT2D eigenvalue weighted by Gasteiger charge is -2.15. The zero-order chi connectivity index (χ0) is 20.8.